The van der Waals surface area contributed by atoms with Gasteiger partial charge in [-0.05, 0) is 31.0 Å². The van der Waals surface area contributed by atoms with Gasteiger partial charge in [0.15, 0.2) is 5.58 Å². The molecule has 0 aliphatic rings. The van der Waals surface area contributed by atoms with Crippen molar-refractivity contribution >= 4 is 40.4 Å². The number of carbonyl (C=O) groups is 1. The molecule has 1 aromatic heterocycles. The second kappa shape index (κ2) is 4.58. The number of aliphatic carboxylic acids is 1. The van der Waals surface area contributed by atoms with Crippen LogP contribution in [0.1, 0.15) is 11.1 Å². The molecule has 1 N–H and O–H groups in total. The molecule has 0 saturated carbocycles. The summed E-state index contributed by atoms with van der Waals surface area (Å²) in [7, 11) is 0. The number of halogens is 1. The summed E-state index contributed by atoms with van der Waals surface area (Å²) in [6.07, 6.45) is 0. The number of hydrogen-bond acceptors (Lipinski definition) is 4. The number of aromatic nitrogens is 1. The van der Waals surface area contributed by atoms with Crippen molar-refractivity contribution in [1.29, 1.82) is 0 Å². The van der Waals surface area contributed by atoms with Crippen LogP contribution in [-0.4, -0.2) is 21.8 Å². The molecule has 1 heterocycles. The van der Waals surface area contributed by atoms with Gasteiger partial charge in [-0.1, -0.05) is 23.4 Å². The zero-order valence-corrected chi connectivity index (χ0v) is 10.9. The van der Waals surface area contributed by atoms with Gasteiger partial charge in [-0.25, -0.2) is 4.98 Å². The lowest BCUT2D eigenvalue weighted by atomic mass is 10.1. The summed E-state index contributed by atoms with van der Waals surface area (Å²) in [4.78, 5) is 14.7. The highest BCUT2D eigenvalue weighted by atomic mass is 35.5. The second-order valence-corrected chi connectivity index (χ2v) is 4.95. The van der Waals surface area contributed by atoms with Crippen LogP contribution in [-0.2, 0) is 4.79 Å². The van der Waals surface area contributed by atoms with Gasteiger partial charge >= 0.3 is 5.97 Å². The van der Waals surface area contributed by atoms with Crippen molar-refractivity contribution in [3.8, 4) is 0 Å². The van der Waals surface area contributed by atoms with Crippen LogP contribution in [0.3, 0.4) is 0 Å². The normalized spacial score (nSPS) is 11.0. The van der Waals surface area contributed by atoms with Crippen LogP contribution in [0.5, 0.6) is 0 Å². The smallest absolute Gasteiger partial charge is 0.314 e. The minimum Gasteiger partial charge on any atom is -0.481 e. The van der Waals surface area contributed by atoms with E-state index in [1.165, 1.54) is 0 Å². The monoisotopic (exact) mass is 271 g/mol. The molecule has 0 amide bonds. The molecule has 0 atom stereocenters. The van der Waals surface area contributed by atoms with E-state index < -0.39 is 5.97 Å². The molecule has 6 heteroatoms. The summed E-state index contributed by atoms with van der Waals surface area (Å²) in [5.41, 5.74) is 3.10. The lowest BCUT2D eigenvalue weighted by molar-refractivity contribution is -0.133. The lowest BCUT2D eigenvalue weighted by Gasteiger charge is -2.00. The Bertz CT molecular complexity index is 594. The minimum atomic E-state index is -0.900. The Balaban J connectivity index is 2.43. The molecule has 2 aromatic rings. The number of carboxylic acid groups (broad SMARTS) is 1. The van der Waals surface area contributed by atoms with Crippen LogP contribution in [0, 0.1) is 13.8 Å². The maximum absolute atomic E-state index is 10.5. The largest absolute Gasteiger partial charge is 0.481 e. The summed E-state index contributed by atoms with van der Waals surface area (Å²) >= 11 is 7.17. The Morgan fingerprint density at radius 1 is 1.59 bits per heavy atom. The SMILES string of the molecule is Cc1cc2oc(SCC(=O)O)nc2c(C)c1Cl. The third-order valence-electron chi connectivity index (χ3n) is 2.33. The molecule has 17 heavy (non-hydrogen) atoms. The fraction of sp³-hybridized carbons (Fsp3) is 0.273. The first-order valence-electron chi connectivity index (χ1n) is 4.90. The number of hydrogen-bond donors (Lipinski definition) is 1. The Kier molecular flexibility index (Phi) is 3.31. The molecule has 4 nitrogen and oxygen atoms in total. The quantitative estimate of drug-likeness (QED) is 0.868. The molecule has 0 unspecified atom stereocenters. The van der Waals surface area contributed by atoms with E-state index in [1.54, 1.807) is 0 Å². The van der Waals surface area contributed by atoms with Crippen LogP contribution in [0.15, 0.2) is 15.7 Å². The number of aryl methyl sites for hydroxylation is 2. The number of carboxylic acids is 1. The molecular formula is C11H10ClNO3S. The number of fused-ring (bicyclic) bond motifs is 1. The number of nitrogens with zero attached hydrogens (tertiary/aromatic N) is 1. The second-order valence-electron chi connectivity index (χ2n) is 3.64. The Labute approximate surface area is 107 Å². The molecule has 0 saturated heterocycles. The molecule has 0 fully saturated rings. The summed E-state index contributed by atoms with van der Waals surface area (Å²) in [6, 6.07) is 1.81. The van der Waals surface area contributed by atoms with Gasteiger partial charge in [0.25, 0.3) is 5.22 Å². The van der Waals surface area contributed by atoms with Crippen LogP contribution < -0.4 is 0 Å². The Morgan fingerprint density at radius 2 is 2.29 bits per heavy atom. The van der Waals surface area contributed by atoms with Crippen LogP contribution in [0.25, 0.3) is 11.1 Å². The average molecular weight is 272 g/mol. The van der Waals surface area contributed by atoms with Crippen LogP contribution >= 0.6 is 23.4 Å². The van der Waals surface area contributed by atoms with E-state index >= 15 is 0 Å². The van der Waals surface area contributed by atoms with Crippen LogP contribution in [0.2, 0.25) is 5.02 Å². The molecular weight excluding hydrogens is 262 g/mol. The van der Waals surface area contributed by atoms with Gasteiger partial charge < -0.3 is 9.52 Å². The highest BCUT2D eigenvalue weighted by Crippen LogP contribution is 2.31. The van der Waals surface area contributed by atoms with Crippen molar-refractivity contribution in [1.82, 2.24) is 4.98 Å². The maximum atomic E-state index is 10.5. The first kappa shape index (κ1) is 12.3. The predicted octanol–water partition coefficient (Wildman–Crippen LogP) is 3.27. The highest BCUT2D eigenvalue weighted by molar-refractivity contribution is 7.99. The van der Waals surface area contributed by atoms with E-state index in [4.69, 9.17) is 21.1 Å². The van der Waals surface area contributed by atoms with Crippen molar-refractivity contribution < 1.29 is 14.3 Å². The average Bonchev–Trinajstić information content (AvgIpc) is 2.66. The number of oxazole rings is 1. The van der Waals surface area contributed by atoms with Gasteiger partial charge in [0.2, 0.25) is 0 Å². The van der Waals surface area contributed by atoms with Crippen molar-refractivity contribution in [2.45, 2.75) is 19.1 Å². The standard InChI is InChI=1S/C11H10ClNO3S/c1-5-3-7-10(6(2)9(5)12)13-11(16-7)17-4-8(14)15/h3H,4H2,1-2H3,(H,14,15). The molecule has 2 rings (SSSR count). The van der Waals surface area contributed by atoms with E-state index in [0.29, 0.717) is 21.3 Å². The molecule has 1 aromatic carbocycles. The lowest BCUT2D eigenvalue weighted by Crippen LogP contribution is -1.97. The molecule has 0 aliphatic heterocycles. The molecule has 0 radical (unpaired) electrons. The van der Waals surface area contributed by atoms with E-state index in [2.05, 4.69) is 4.98 Å². The van der Waals surface area contributed by atoms with Gasteiger partial charge in [-0.3, -0.25) is 4.79 Å². The highest BCUT2D eigenvalue weighted by Gasteiger charge is 2.13. The predicted molar refractivity (Wildman–Crippen MR) is 66.9 cm³/mol. The van der Waals surface area contributed by atoms with Gasteiger partial charge in [-0.2, -0.15) is 0 Å². The Morgan fingerprint density at radius 3 is 2.94 bits per heavy atom. The molecule has 0 bridgehead atoms. The number of benzene rings is 1. The molecule has 0 aliphatic carbocycles. The molecule has 0 spiro atoms. The summed E-state index contributed by atoms with van der Waals surface area (Å²) in [6.45, 7) is 3.76. The van der Waals surface area contributed by atoms with Crippen molar-refractivity contribution in [2.24, 2.45) is 0 Å². The van der Waals surface area contributed by atoms with E-state index in [-0.39, 0.29) is 5.75 Å². The Hall–Kier alpha value is -1.20. The summed E-state index contributed by atoms with van der Waals surface area (Å²) in [5.74, 6) is -0.971. The van der Waals surface area contributed by atoms with Crippen molar-refractivity contribution in [3.05, 3.63) is 22.2 Å². The zero-order valence-electron chi connectivity index (χ0n) is 9.28. The first-order valence-corrected chi connectivity index (χ1v) is 6.26. The summed E-state index contributed by atoms with van der Waals surface area (Å²) in [5, 5.41) is 9.60. The summed E-state index contributed by atoms with van der Waals surface area (Å²) < 4.78 is 5.46. The third kappa shape index (κ3) is 2.40. The fourth-order valence-corrected chi connectivity index (χ4v) is 2.22. The third-order valence-corrected chi connectivity index (χ3v) is 3.73. The van der Waals surface area contributed by atoms with Gasteiger partial charge in [0.1, 0.15) is 11.3 Å². The first-order chi connectivity index (χ1) is 7.99. The van der Waals surface area contributed by atoms with Gasteiger partial charge in [0, 0.05) is 5.02 Å². The van der Waals surface area contributed by atoms with Gasteiger partial charge in [-0.15, -0.1) is 0 Å². The topological polar surface area (TPSA) is 63.3 Å². The fourth-order valence-electron chi connectivity index (χ4n) is 1.52. The van der Waals surface area contributed by atoms with Crippen molar-refractivity contribution in [2.75, 3.05) is 5.75 Å². The number of thioether (sulfide) groups is 1. The van der Waals surface area contributed by atoms with Crippen molar-refractivity contribution in [3.63, 3.8) is 0 Å². The van der Waals surface area contributed by atoms with Gasteiger partial charge in [0.05, 0.1) is 0 Å². The minimum absolute atomic E-state index is 0.0708. The zero-order chi connectivity index (χ0) is 12.6. The van der Waals surface area contributed by atoms with E-state index in [9.17, 15) is 4.79 Å². The maximum Gasteiger partial charge on any atom is 0.314 e. The molecule has 90 valence electrons. The van der Waals surface area contributed by atoms with E-state index in [0.717, 1.165) is 22.9 Å². The van der Waals surface area contributed by atoms with Crippen LogP contribution in [0.4, 0.5) is 0 Å². The van der Waals surface area contributed by atoms with E-state index in [1.807, 2.05) is 19.9 Å². The number of rotatable bonds is 3.